The Bertz CT molecular complexity index is 479. The second-order valence-corrected chi connectivity index (χ2v) is 5.64. The van der Waals surface area contributed by atoms with Crippen molar-refractivity contribution in [1.82, 2.24) is 4.57 Å². The Balaban J connectivity index is 2.18. The van der Waals surface area contributed by atoms with E-state index in [-0.39, 0.29) is 5.56 Å². The lowest BCUT2D eigenvalue weighted by Crippen LogP contribution is -2.40. The lowest BCUT2D eigenvalue weighted by molar-refractivity contribution is 0.157. The quantitative estimate of drug-likeness (QED) is 0.680. The van der Waals surface area contributed by atoms with Gasteiger partial charge >= 0.3 is 0 Å². The lowest BCUT2D eigenvalue weighted by Gasteiger charge is -2.42. The van der Waals surface area contributed by atoms with Gasteiger partial charge in [-0.15, -0.1) is 0 Å². The van der Waals surface area contributed by atoms with E-state index < -0.39 is 0 Å². The second kappa shape index (κ2) is 3.63. The van der Waals surface area contributed by atoms with Crippen LogP contribution in [0.15, 0.2) is 16.9 Å². The Morgan fingerprint density at radius 2 is 2.19 bits per heavy atom. The average molecular weight is 238 g/mol. The van der Waals surface area contributed by atoms with Crippen molar-refractivity contribution in [2.24, 2.45) is 11.8 Å². The number of rotatable bonds is 0. The zero-order valence-electron chi connectivity index (χ0n) is 9.45. The smallest absolute Gasteiger partial charge is 0.252 e. The summed E-state index contributed by atoms with van der Waals surface area (Å²) < 4.78 is 1.94. The molecule has 1 aromatic heterocycles. The molecule has 0 aromatic carbocycles. The maximum Gasteiger partial charge on any atom is 0.252 e. The van der Waals surface area contributed by atoms with E-state index in [2.05, 4.69) is 6.92 Å². The highest BCUT2D eigenvalue weighted by molar-refractivity contribution is 6.30. The van der Waals surface area contributed by atoms with Crippen LogP contribution in [0.3, 0.4) is 0 Å². The number of aromatic nitrogens is 1. The van der Waals surface area contributed by atoms with E-state index in [1.165, 1.54) is 31.0 Å². The van der Waals surface area contributed by atoms with Gasteiger partial charge in [0.1, 0.15) is 0 Å². The molecule has 2 bridgehead atoms. The largest absolute Gasteiger partial charge is 0.312 e. The van der Waals surface area contributed by atoms with Crippen molar-refractivity contribution in [2.45, 2.75) is 38.6 Å². The molecule has 1 aliphatic heterocycles. The minimum Gasteiger partial charge on any atom is -0.312 e. The highest BCUT2D eigenvalue weighted by Gasteiger charge is 2.37. The Morgan fingerprint density at radius 1 is 1.38 bits per heavy atom. The third-order valence-electron chi connectivity index (χ3n) is 4.39. The first-order chi connectivity index (χ1) is 7.66. The third kappa shape index (κ3) is 1.43. The molecule has 0 amide bonds. The molecule has 0 saturated heterocycles. The Hall–Kier alpha value is -0.760. The van der Waals surface area contributed by atoms with Gasteiger partial charge in [0.15, 0.2) is 0 Å². The molecular weight excluding hydrogens is 222 g/mol. The molecule has 1 aromatic rings. The maximum absolute atomic E-state index is 11.9. The Kier molecular flexibility index (Phi) is 2.36. The molecule has 0 spiro atoms. The minimum absolute atomic E-state index is 0.0753. The number of pyridine rings is 1. The number of fused-ring (bicyclic) bond motifs is 4. The molecule has 3 heteroatoms. The predicted molar refractivity (Wildman–Crippen MR) is 65.0 cm³/mol. The lowest BCUT2D eigenvalue weighted by atomic mass is 9.69. The highest BCUT2D eigenvalue weighted by Crippen LogP contribution is 2.45. The molecule has 3 atom stereocenters. The summed E-state index contributed by atoms with van der Waals surface area (Å²) in [6.45, 7) is 3.21. The zero-order valence-corrected chi connectivity index (χ0v) is 10.2. The molecule has 3 rings (SSSR count). The molecule has 16 heavy (non-hydrogen) atoms. The van der Waals surface area contributed by atoms with Crippen LogP contribution in [0, 0.1) is 11.8 Å². The minimum atomic E-state index is 0.0753. The first-order valence-electron chi connectivity index (χ1n) is 6.07. The molecule has 2 unspecified atom stereocenters. The van der Waals surface area contributed by atoms with Crippen LogP contribution in [0.4, 0.5) is 0 Å². The first kappa shape index (κ1) is 10.4. The molecule has 1 saturated carbocycles. The summed E-state index contributed by atoms with van der Waals surface area (Å²) in [5.74, 6) is 1.93. The molecule has 2 aliphatic rings. The van der Waals surface area contributed by atoms with Crippen molar-refractivity contribution in [3.05, 3.63) is 33.2 Å². The van der Waals surface area contributed by atoms with E-state index in [4.69, 9.17) is 11.6 Å². The molecule has 2 nitrogen and oxygen atoms in total. The van der Waals surface area contributed by atoms with Crippen LogP contribution in [-0.4, -0.2) is 4.57 Å². The van der Waals surface area contributed by atoms with Gasteiger partial charge in [0.25, 0.3) is 5.56 Å². The summed E-state index contributed by atoms with van der Waals surface area (Å²) in [4.78, 5) is 11.9. The highest BCUT2D eigenvalue weighted by atomic mass is 35.5. The zero-order chi connectivity index (χ0) is 11.3. The van der Waals surface area contributed by atoms with E-state index in [0.29, 0.717) is 22.8 Å². The van der Waals surface area contributed by atoms with Gasteiger partial charge in [0.05, 0.1) is 0 Å². The van der Waals surface area contributed by atoms with Crippen molar-refractivity contribution < 1.29 is 0 Å². The second-order valence-electron chi connectivity index (χ2n) is 5.20. The van der Waals surface area contributed by atoms with Gasteiger partial charge in [-0.3, -0.25) is 4.79 Å². The van der Waals surface area contributed by atoms with Crippen LogP contribution in [0.5, 0.6) is 0 Å². The van der Waals surface area contributed by atoms with Crippen molar-refractivity contribution in [1.29, 1.82) is 0 Å². The number of halogens is 1. The third-order valence-corrected chi connectivity index (χ3v) is 4.61. The van der Waals surface area contributed by atoms with Crippen LogP contribution < -0.4 is 5.56 Å². The van der Waals surface area contributed by atoms with E-state index in [0.717, 1.165) is 6.54 Å². The van der Waals surface area contributed by atoms with E-state index in [1.807, 2.05) is 10.6 Å². The molecular formula is C13H16ClNO. The van der Waals surface area contributed by atoms with Gasteiger partial charge in [-0.05, 0) is 30.7 Å². The summed E-state index contributed by atoms with van der Waals surface area (Å²) in [5, 5.41) is 0.590. The van der Waals surface area contributed by atoms with Crippen LogP contribution in [0.1, 0.15) is 37.8 Å². The van der Waals surface area contributed by atoms with Gasteiger partial charge in [-0.2, -0.15) is 0 Å². The van der Waals surface area contributed by atoms with Gasteiger partial charge in [0.2, 0.25) is 0 Å². The molecule has 1 aliphatic carbocycles. The SMILES string of the molecule is CC1C2CCC[C@H]1c1cc(Cl)cc(=O)n1C2. The number of hydrogen-bond acceptors (Lipinski definition) is 1. The first-order valence-corrected chi connectivity index (χ1v) is 6.45. The van der Waals surface area contributed by atoms with Crippen molar-refractivity contribution in [2.75, 3.05) is 0 Å². The Labute approximate surface area is 100 Å². The predicted octanol–water partition coefficient (Wildman–Crippen LogP) is 3.04. The van der Waals surface area contributed by atoms with Gasteiger partial charge in [-0.1, -0.05) is 24.9 Å². The molecule has 1 fully saturated rings. The van der Waals surface area contributed by atoms with Gasteiger partial charge in [-0.25, -0.2) is 0 Å². The monoisotopic (exact) mass is 237 g/mol. The summed E-state index contributed by atoms with van der Waals surface area (Å²) in [7, 11) is 0. The van der Waals surface area contributed by atoms with E-state index in [1.54, 1.807) is 0 Å². The number of nitrogens with zero attached hydrogens (tertiary/aromatic N) is 1. The number of hydrogen-bond donors (Lipinski definition) is 0. The molecule has 0 radical (unpaired) electrons. The molecule has 2 heterocycles. The fraction of sp³-hybridized carbons (Fsp3) is 0.615. The fourth-order valence-corrected chi connectivity index (χ4v) is 3.66. The van der Waals surface area contributed by atoms with Gasteiger partial charge in [0, 0.05) is 29.2 Å². The van der Waals surface area contributed by atoms with E-state index in [9.17, 15) is 4.79 Å². The maximum atomic E-state index is 11.9. The fourth-order valence-electron chi connectivity index (χ4n) is 3.45. The van der Waals surface area contributed by atoms with Crippen LogP contribution in [0.25, 0.3) is 0 Å². The van der Waals surface area contributed by atoms with Crippen LogP contribution in [-0.2, 0) is 6.54 Å². The summed E-state index contributed by atoms with van der Waals surface area (Å²) in [6, 6.07) is 3.53. The molecule has 86 valence electrons. The topological polar surface area (TPSA) is 22.0 Å². The summed E-state index contributed by atoms with van der Waals surface area (Å²) in [6.07, 6.45) is 3.77. The van der Waals surface area contributed by atoms with E-state index >= 15 is 0 Å². The van der Waals surface area contributed by atoms with Crippen molar-refractivity contribution >= 4 is 11.6 Å². The van der Waals surface area contributed by atoms with Gasteiger partial charge < -0.3 is 4.57 Å². The summed E-state index contributed by atoms with van der Waals surface area (Å²) >= 11 is 5.99. The van der Waals surface area contributed by atoms with Crippen LogP contribution >= 0.6 is 11.6 Å². The molecule has 0 N–H and O–H groups in total. The van der Waals surface area contributed by atoms with Crippen molar-refractivity contribution in [3.8, 4) is 0 Å². The average Bonchev–Trinajstić information content (AvgIpc) is 2.20. The standard InChI is InChI=1S/C13H16ClNO/c1-8-9-3-2-4-11(8)12-5-10(14)6-13(16)15(12)7-9/h5-6,8-9,11H,2-4,7H2,1H3/t8?,9?,11-/m1/s1. The normalized spacial score (nSPS) is 32.2. The van der Waals surface area contributed by atoms with Crippen LogP contribution in [0.2, 0.25) is 5.02 Å². The summed E-state index contributed by atoms with van der Waals surface area (Å²) in [5.41, 5.74) is 1.24. The Morgan fingerprint density at radius 3 is 3.00 bits per heavy atom. The van der Waals surface area contributed by atoms with Crippen molar-refractivity contribution in [3.63, 3.8) is 0 Å².